The van der Waals surface area contributed by atoms with E-state index in [1.165, 1.54) is 0 Å². The zero-order valence-corrected chi connectivity index (χ0v) is 36.2. The van der Waals surface area contributed by atoms with Gasteiger partial charge in [-0.15, -0.1) is 0 Å². The van der Waals surface area contributed by atoms with E-state index in [2.05, 4.69) is 82.9 Å². The van der Waals surface area contributed by atoms with Gasteiger partial charge in [0.2, 0.25) is 17.8 Å². The van der Waals surface area contributed by atoms with E-state index in [0.29, 0.717) is 39.3 Å². The van der Waals surface area contributed by atoms with Crippen molar-refractivity contribution in [1.29, 1.82) is 5.26 Å². The van der Waals surface area contributed by atoms with E-state index in [0.717, 1.165) is 56.2 Å². The molecule has 1 aliphatic carbocycles. The molecule has 15 nitrogen and oxygen atoms in total. The average Bonchev–Trinajstić information content (AvgIpc) is 3.46. The van der Waals surface area contributed by atoms with Gasteiger partial charge in [0.15, 0.2) is 0 Å². The average molecular weight is 850 g/mol. The highest BCUT2D eigenvalue weighted by atomic mass is 35.5. The fourth-order valence-electron chi connectivity index (χ4n) is 10.9. The van der Waals surface area contributed by atoms with Gasteiger partial charge in [-0.1, -0.05) is 39.3 Å². The molecule has 8 rings (SSSR count). The summed E-state index contributed by atoms with van der Waals surface area (Å²) in [6.45, 7) is 16.9. The fraction of sp³-hybridized carbons (Fsp3) is 0.511. The molecule has 5 aliphatic rings. The van der Waals surface area contributed by atoms with Crippen molar-refractivity contribution in [1.82, 2.24) is 30.4 Å². The third-order valence-corrected chi connectivity index (χ3v) is 13.8. The van der Waals surface area contributed by atoms with Crippen molar-refractivity contribution in [3.8, 4) is 11.8 Å². The topological polar surface area (TPSA) is 181 Å². The number of piperazine rings is 1. The molecule has 1 aromatic heterocycles. The highest BCUT2D eigenvalue weighted by molar-refractivity contribution is 6.31. The van der Waals surface area contributed by atoms with Gasteiger partial charge in [-0.2, -0.15) is 5.26 Å². The molecule has 4 aliphatic heterocycles. The normalized spacial score (nSPS) is 27.2. The number of hydrogen-bond donors (Lipinski definition) is 2. The Balaban J connectivity index is 0.822. The SMILES string of the molecule is C[C@@H]1CC(CN2CCN(c3ccc4c(c3)C(=O)N(C3CCC(=O)NC3=O)C4=O)CC2)C[C@H](C)N1c1ncc(C(=O)NC2C(C)(C)C(Oc3ccc(C#N)c(Cl)c3)C2(C)C)cn1. The number of carbonyl (C=O) groups excluding carboxylic acids is 5. The Morgan fingerprint density at radius 3 is 2.21 bits per heavy atom. The van der Waals surface area contributed by atoms with Crippen LogP contribution in [0.1, 0.15) is 104 Å². The number of nitriles is 1. The van der Waals surface area contributed by atoms with Crippen LogP contribution in [0, 0.1) is 28.1 Å². The van der Waals surface area contributed by atoms with Crippen LogP contribution in [0.4, 0.5) is 11.6 Å². The van der Waals surface area contributed by atoms with E-state index in [4.69, 9.17) is 16.3 Å². The highest BCUT2D eigenvalue weighted by Gasteiger charge is 2.64. The number of halogens is 1. The summed E-state index contributed by atoms with van der Waals surface area (Å²) < 4.78 is 6.38. The van der Waals surface area contributed by atoms with Crippen LogP contribution < -0.4 is 25.2 Å². The van der Waals surface area contributed by atoms with E-state index in [9.17, 15) is 29.2 Å². The molecule has 3 aromatic rings. The largest absolute Gasteiger partial charge is 0.489 e. The zero-order chi connectivity index (χ0) is 43.5. The van der Waals surface area contributed by atoms with Crippen molar-refractivity contribution in [2.24, 2.45) is 16.7 Å². The maximum Gasteiger partial charge on any atom is 0.262 e. The van der Waals surface area contributed by atoms with Gasteiger partial charge in [0, 0.05) is 92.2 Å². The third-order valence-electron chi connectivity index (χ3n) is 13.5. The summed E-state index contributed by atoms with van der Waals surface area (Å²) in [5, 5.41) is 15.0. The lowest BCUT2D eigenvalue weighted by Gasteiger charge is -2.63. The lowest BCUT2D eigenvalue weighted by molar-refractivity contribution is -0.164. The summed E-state index contributed by atoms with van der Waals surface area (Å²) in [4.78, 5) is 81.6. The molecule has 4 fully saturated rings. The minimum Gasteiger partial charge on any atom is -0.489 e. The molecule has 1 saturated carbocycles. The molecule has 2 aromatic carbocycles. The molecule has 5 amide bonds. The van der Waals surface area contributed by atoms with E-state index >= 15 is 0 Å². The quantitative estimate of drug-likeness (QED) is 0.281. The number of amides is 5. The van der Waals surface area contributed by atoms with E-state index in [-0.39, 0.29) is 48.5 Å². The van der Waals surface area contributed by atoms with Crippen LogP contribution in [0.3, 0.4) is 0 Å². The molecule has 0 radical (unpaired) electrons. The summed E-state index contributed by atoms with van der Waals surface area (Å²) in [7, 11) is 0. The van der Waals surface area contributed by atoms with Crippen molar-refractivity contribution < 1.29 is 28.7 Å². The molecule has 4 atom stereocenters. The molecule has 2 unspecified atom stereocenters. The fourth-order valence-corrected chi connectivity index (χ4v) is 11.1. The predicted octanol–water partition coefficient (Wildman–Crippen LogP) is 4.83. The standard InChI is InChI=1S/C45H52ClN9O6/c1-25-17-27(24-52-13-15-53(16-14-52)30-8-10-32-33(19-30)40(60)55(39(32)59)35-11-12-36(56)50-38(35)58)18-26(2)54(25)43-48-22-29(23-49-43)37(57)51-41-44(3,4)42(45(41,5)6)61-31-9-7-28(21-47)34(46)20-31/h7-10,19-20,22-23,25-27,35,41-42H,11-18,24H2,1-6H3,(H,51,57)(H,50,56,58)/t25-,26+,27?,35?,41?,42?. The van der Waals surface area contributed by atoms with Gasteiger partial charge in [-0.25, -0.2) is 9.97 Å². The van der Waals surface area contributed by atoms with Crippen LogP contribution in [0.2, 0.25) is 5.02 Å². The first kappa shape index (κ1) is 42.1. The van der Waals surface area contributed by atoms with Gasteiger partial charge in [-0.3, -0.25) is 39.1 Å². The molecule has 320 valence electrons. The Labute approximate surface area is 360 Å². The second-order valence-electron chi connectivity index (χ2n) is 18.5. The Morgan fingerprint density at radius 2 is 1.59 bits per heavy atom. The summed E-state index contributed by atoms with van der Waals surface area (Å²) in [6, 6.07) is 11.6. The number of carbonyl (C=O) groups is 5. The molecule has 0 spiro atoms. The number of nitrogens with one attached hydrogen (secondary N) is 2. The molecule has 61 heavy (non-hydrogen) atoms. The first-order chi connectivity index (χ1) is 29.0. The number of fused-ring (bicyclic) bond motifs is 1. The summed E-state index contributed by atoms with van der Waals surface area (Å²) in [6.07, 6.45) is 5.16. The summed E-state index contributed by atoms with van der Waals surface area (Å²) in [5.74, 6) is -0.588. The number of aromatic nitrogens is 2. The van der Waals surface area contributed by atoms with Crippen molar-refractivity contribution in [3.05, 3.63) is 76.1 Å². The molecule has 3 saturated heterocycles. The van der Waals surface area contributed by atoms with Crippen molar-refractivity contribution in [2.75, 3.05) is 42.5 Å². The zero-order valence-electron chi connectivity index (χ0n) is 35.4. The number of imide groups is 2. The van der Waals surface area contributed by atoms with Gasteiger partial charge < -0.3 is 19.9 Å². The number of anilines is 2. The van der Waals surface area contributed by atoms with Crippen LogP contribution in [0.15, 0.2) is 48.8 Å². The highest BCUT2D eigenvalue weighted by Crippen LogP contribution is 2.55. The van der Waals surface area contributed by atoms with E-state index in [1.807, 2.05) is 6.07 Å². The maximum atomic E-state index is 13.6. The molecule has 5 heterocycles. The maximum absolute atomic E-state index is 13.6. The number of nitrogens with zero attached hydrogens (tertiary/aromatic N) is 7. The van der Waals surface area contributed by atoms with Crippen LogP contribution in [0.5, 0.6) is 5.75 Å². The smallest absolute Gasteiger partial charge is 0.262 e. The van der Waals surface area contributed by atoms with Gasteiger partial charge in [0.05, 0.1) is 27.3 Å². The molecule has 2 N–H and O–H groups in total. The van der Waals surface area contributed by atoms with E-state index in [1.54, 1.807) is 42.7 Å². The summed E-state index contributed by atoms with van der Waals surface area (Å²) >= 11 is 6.26. The number of piperidine rings is 2. The Morgan fingerprint density at radius 1 is 0.934 bits per heavy atom. The summed E-state index contributed by atoms with van der Waals surface area (Å²) in [5.41, 5.74) is 1.41. The number of ether oxygens (including phenoxy) is 1. The van der Waals surface area contributed by atoms with Crippen LogP contribution in [-0.4, -0.2) is 112 Å². The van der Waals surface area contributed by atoms with Gasteiger partial charge in [0.25, 0.3) is 17.7 Å². The minimum absolute atomic E-state index is 0.0825. The van der Waals surface area contributed by atoms with Gasteiger partial charge >= 0.3 is 0 Å². The van der Waals surface area contributed by atoms with Gasteiger partial charge in [0.1, 0.15) is 24.0 Å². The second-order valence-corrected chi connectivity index (χ2v) is 18.9. The molecular weight excluding hydrogens is 798 g/mol. The Kier molecular flexibility index (Phi) is 11.1. The minimum atomic E-state index is -0.986. The number of hydrogen-bond acceptors (Lipinski definition) is 12. The Bertz CT molecular complexity index is 2290. The number of benzene rings is 2. The first-order valence-electron chi connectivity index (χ1n) is 21.1. The predicted molar refractivity (Wildman–Crippen MR) is 227 cm³/mol. The van der Waals surface area contributed by atoms with Crippen LogP contribution in [0.25, 0.3) is 0 Å². The third kappa shape index (κ3) is 7.69. The Hall–Kier alpha value is -5.59. The van der Waals surface area contributed by atoms with Gasteiger partial charge in [-0.05, 0) is 69.4 Å². The lowest BCUT2D eigenvalue weighted by atomic mass is 9.49. The van der Waals surface area contributed by atoms with Crippen molar-refractivity contribution in [2.45, 2.75) is 97.5 Å². The second kappa shape index (κ2) is 16.0. The van der Waals surface area contributed by atoms with Crippen molar-refractivity contribution in [3.63, 3.8) is 0 Å². The number of rotatable bonds is 9. The molecular formula is C45H52ClN9O6. The van der Waals surface area contributed by atoms with E-state index < -0.39 is 40.5 Å². The molecule has 16 heteroatoms. The van der Waals surface area contributed by atoms with Crippen LogP contribution >= 0.6 is 11.6 Å². The first-order valence-corrected chi connectivity index (χ1v) is 21.5. The monoisotopic (exact) mass is 849 g/mol. The molecule has 0 bridgehead atoms. The van der Waals surface area contributed by atoms with Crippen LogP contribution in [-0.2, 0) is 9.59 Å². The van der Waals surface area contributed by atoms with Crippen molar-refractivity contribution >= 4 is 52.8 Å². The lowest BCUT2D eigenvalue weighted by Crippen LogP contribution is -2.74.